The molecule has 0 saturated carbocycles. The van der Waals surface area contributed by atoms with Gasteiger partial charge >= 0.3 is 6.36 Å². The lowest BCUT2D eigenvalue weighted by Crippen LogP contribution is -2.34. The summed E-state index contributed by atoms with van der Waals surface area (Å²) in [5.74, 6) is 1.17. The van der Waals surface area contributed by atoms with E-state index < -0.39 is 6.36 Å². The zero-order valence-electron chi connectivity index (χ0n) is 18.2. The topological polar surface area (TPSA) is 92.7 Å². The Morgan fingerprint density at radius 3 is 2.91 bits per heavy atom. The second-order valence-corrected chi connectivity index (χ2v) is 8.11. The van der Waals surface area contributed by atoms with Gasteiger partial charge in [-0.3, -0.25) is 0 Å². The van der Waals surface area contributed by atoms with Gasteiger partial charge in [0.1, 0.15) is 23.4 Å². The highest BCUT2D eigenvalue weighted by atomic mass is 19.4. The molecule has 1 atom stereocenters. The van der Waals surface area contributed by atoms with Crippen LogP contribution in [0.15, 0.2) is 49.1 Å². The van der Waals surface area contributed by atoms with E-state index in [-0.39, 0.29) is 18.4 Å². The number of alkyl halides is 3. The van der Waals surface area contributed by atoms with Crippen molar-refractivity contribution in [3.63, 3.8) is 0 Å². The lowest BCUT2D eigenvalue weighted by molar-refractivity contribution is -0.274. The lowest BCUT2D eigenvalue weighted by atomic mass is 10.2. The quantitative estimate of drug-likeness (QED) is 0.440. The van der Waals surface area contributed by atoms with Crippen molar-refractivity contribution in [3.05, 3.63) is 54.6 Å². The van der Waals surface area contributed by atoms with Crippen LogP contribution in [0.1, 0.15) is 18.4 Å². The minimum absolute atomic E-state index is 0.0246. The van der Waals surface area contributed by atoms with Crippen molar-refractivity contribution in [3.8, 4) is 11.4 Å². The third-order valence-electron chi connectivity index (χ3n) is 5.62. The summed E-state index contributed by atoms with van der Waals surface area (Å²) in [4.78, 5) is 11.0. The van der Waals surface area contributed by atoms with E-state index in [1.54, 1.807) is 28.3 Å². The summed E-state index contributed by atoms with van der Waals surface area (Å²) in [6.45, 7) is 2.46. The molecular formula is C22H22F3N7O2. The van der Waals surface area contributed by atoms with Gasteiger partial charge in [-0.2, -0.15) is 4.98 Å². The molecule has 5 rings (SSSR count). The van der Waals surface area contributed by atoms with Crippen LogP contribution in [0.4, 0.5) is 30.8 Å². The molecule has 0 radical (unpaired) electrons. The summed E-state index contributed by atoms with van der Waals surface area (Å²) in [5, 5.41) is 17.4. The normalized spacial score (nSPS) is 16.4. The Bertz CT molecular complexity index is 1320. The van der Waals surface area contributed by atoms with Gasteiger partial charge in [0.05, 0.1) is 24.5 Å². The fourth-order valence-corrected chi connectivity index (χ4v) is 4.15. The van der Waals surface area contributed by atoms with Gasteiger partial charge in [-0.1, -0.05) is 0 Å². The Morgan fingerprint density at radius 1 is 1.26 bits per heavy atom. The van der Waals surface area contributed by atoms with Gasteiger partial charge in [0.15, 0.2) is 5.82 Å². The number of aromatic nitrogens is 5. The van der Waals surface area contributed by atoms with E-state index >= 15 is 0 Å². The van der Waals surface area contributed by atoms with Crippen LogP contribution >= 0.6 is 0 Å². The fourth-order valence-electron chi connectivity index (χ4n) is 4.15. The average Bonchev–Trinajstić information content (AvgIpc) is 3.52. The van der Waals surface area contributed by atoms with Crippen molar-refractivity contribution in [2.24, 2.45) is 0 Å². The van der Waals surface area contributed by atoms with Crippen LogP contribution in [0.5, 0.6) is 5.75 Å². The zero-order valence-corrected chi connectivity index (χ0v) is 18.2. The maximum atomic E-state index is 12.7. The predicted molar refractivity (Wildman–Crippen MR) is 119 cm³/mol. The number of nitrogens with one attached hydrogen (secondary N) is 1. The Balaban J connectivity index is 1.44. The number of fused-ring (bicyclic) bond motifs is 1. The van der Waals surface area contributed by atoms with Crippen molar-refractivity contribution in [2.75, 3.05) is 23.4 Å². The number of anilines is 3. The zero-order chi connectivity index (χ0) is 23.9. The predicted octanol–water partition coefficient (Wildman–Crippen LogP) is 3.83. The van der Waals surface area contributed by atoms with Crippen molar-refractivity contribution in [1.82, 2.24) is 24.1 Å². The molecule has 4 aromatic rings. The van der Waals surface area contributed by atoms with E-state index in [9.17, 15) is 18.3 Å². The van der Waals surface area contributed by atoms with Gasteiger partial charge < -0.3 is 24.6 Å². The van der Waals surface area contributed by atoms with Crippen LogP contribution in [0.25, 0.3) is 11.2 Å². The largest absolute Gasteiger partial charge is 0.573 e. The summed E-state index contributed by atoms with van der Waals surface area (Å²) in [6.07, 6.45) is 2.00. The molecule has 2 N–H and O–H groups in total. The molecule has 0 amide bonds. The number of benzene rings is 1. The van der Waals surface area contributed by atoms with Crippen LogP contribution in [-0.4, -0.2) is 54.8 Å². The van der Waals surface area contributed by atoms with E-state index in [2.05, 4.69) is 25.1 Å². The monoisotopic (exact) mass is 473 g/mol. The Hall–Kier alpha value is -3.80. The molecule has 178 valence electrons. The molecule has 0 spiro atoms. The molecule has 1 aromatic carbocycles. The highest BCUT2D eigenvalue weighted by molar-refractivity contribution is 5.73. The first-order chi connectivity index (χ1) is 16.3. The molecule has 1 aliphatic rings. The summed E-state index contributed by atoms with van der Waals surface area (Å²) in [7, 11) is 0. The third kappa shape index (κ3) is 4.49. The van der Waals surface area contributed by atoms with Crippen LogP contribution in [0.2, 0.25) is 0 Å². The molecule has 4 heterocycles. The summed E-state index contributed by atoms with van der Waals surface area (Å²) < 4.78 is 45.4. The van der Waals surface area contributed by atoms with E-state index in [0.29, 0.717) is 28.8 Å². The van der Waals surface area contributed by atoms with Crippen LogP contribution in [-0.2, 0) is 0 Å². The summed E-state index contributed by atoms with van der Waals surface area (Å²) in [6, 6.07) is 8.01. The lowest BCUT2D eigenvalue weighted by Gasteiger charge is -2.23. The van der Waals surface area contributed by atoms with Gasteiger partial charge in [0, 0.05) is 18.8 Å². The van der Waals surface area contributed by atoms with Crippen molar-refractivity contribution in [2.45, 2.75) is 32.2 Å². The van der Waals surface area contributed by atoms with Gasteiger partial charge in [-0.05, 0) is 49.6 Å². The average molecular weight is 473 g/mol. The van der Waals surface area contributed by atoms with Gasteiger partial charge in [-0.25, -0.2) is 9.50 Å². The van der Waals surface area contributed by atoms with Crippen LogP contribution in [0.3, 0.4) is 0 Å². The van der Waals surface area contributed by atoms with Crippen molar-refractivity contribution < 1.29 is 23.0 Å². The molecule has 0 unspecified atom stereocenters. The SMILES string of the molecule is Cc1cc(OC(F)(F)F)cc(-n2cnc(Nc3nc(N4CCC[C@H]4CO)nn4cccc34)c2)c1. The maximum absolute atomic E-state index is 12.7. The first-order valence-corrected chi connectivity index (χ1v) is 10.7. The van der Waals surface area contributed by atoms with Crippen molar-refractivity contribution >= 4 is 23.1 Å². The third-order valence-corrected chi connectivity index (χ3v) is 5.62. The van der Waals surface area contributed by atoms with Crippen molar-refractivity contribution in [1.29, 1.82) is 0 Å². The number of nitrogens with zero attached hydrogens (tertiary/aromatic N) is 6. The minimum atomic E-state index is -4.77. The molecule has 3 aromatic heterocycles. The molecule has 12 heteroatoms. The molecule has 0 aliphatic carbocycles. The number of aliphatic hydroxyl groups is 1. The van der Waals surface area contributed by atoms with E-state index in [4.69, 9.17) is 0 Å². The number of hydrogen-bond donors (Lipinski definition) is 2. The number of halogens is 3. The molecule has 34 heavy (non-hydrogen) atoms. The molecule has 1 aliphatic heterocycles. The van der Waals surface area contributed by atoms with E-state index in [0.717, 1.165) is 24.9 Å². The highest BCUT2D eigenvalue weighted by Crippen LogP contribution is 2.29. The number of aliphatic hydroxyl groups excluding tert-OH is 1. The standard InChI is InChI=1S/C22H22F3N7O2/c1-14-8-16(10-17(9-14)34-22(23,24)25)30-11-19(26-13-30)27-20-18-5-3-7-32(18)29-21(28-20)31-6-2-4-15(31)12-33/h3,5,7-11,13,15,33H,2,4,6,12H2,1H3,(H,27,28,29)/t15-/m0/s1. The molecular weight excluding hydrogens is 451 g/mol. The molecule has 9 nitrogen and oxygen atoms in total. The first-order valence-electron chi connectivity index (χ1n) is 10.7. The molecule has 1 saturated heterocycles. The smallest absolute Gasteiger partial charge is 0.406 e. The molecule has 1 fully saturated rings. The minimum Gasteiger partial charge on any atom is -0.406 e. The second-order valence-electron chi connectivity index (χ2n) is 8.11. The van der Waals surface area contributed by atoms with Gasteiger partial charge in [0.25, 0.3) is 0 Å². The second kappa shape index (κ2) is 8.52. The number of aryl methyl sites for hydroxylation is 1. The van der Waals surface area contributed by atoms with Gasteiger partial charge in [0.2, 0.25) is 5.95 Å². The van der Waals surface area contributed by atoms with Gasteiger partial charge in [-0.15, -0.1) is 18.3 Å². The number of hydrogen-bond acceptors (Lipinski definition) is 7. The highest BCUT2D eigenvalue weighted by Gasteiger charge is 2.31. The number of rotatable bonds is 6. The van der Waals surface area contributed by atoms with E-state index in [1.165, 1.54) is 18.5 Å². The number of imidazole rings is 1. The summed E-state index contributed by atoms with van der Waals surface area (Å²) in [5.41, 5.74) is 1.81. The molecule has 0 bridgehead atoms. The Labute approximate surface area is 192 Å². The summed E-state index contributed by atoms with van der Waals surface area (Å²) >= 11 is 0. The maximum Gasteiger partial charge on any atom is 0.573 e. The first kappa shape index (κ1) is 22.0. The Morgan fingerprint density at radius 2 is 2.12 bits per heavy atom. The van der Waals surface area contributed by atoms with Crippen LogP contribution < -0.4 is 15.0 Å². The van der Waals surface area contributed by atoms with Crippen LogP contribution in [0, 0.1) is 6.92 Å². The van der Waals surface area contributed by atoms with E-state index in [1.807, 2.05) is 23.2 Å². The fraction of sp³-hybridized carbons (Fsp3) is 0.318. The number of ether oxygens (including phenoxy) is 1. The Kier molecular flexibility index (Phi) is 5.52.